The second-order valence-electron chi connectivity index (χ2n) is 4.26. The molecule has 0 radical (unpaired) electrons. The van der Waals surface area contributed by atoms with Crippen LogP contribution in [0.5, 0.6) is 0 Å². The lowest BCUT2D eigenvalue weighted by Gasteiger charge is -2.11. The van der Waals surface area contributed by atoms with Crippen LogP contribution >= 0.6 is 15.9 Å². The molecular weight excluding hydrogens is 320 g/mol. The maximum absolute atomic E-state index is 11.6. The Morgan fingerprint density at radius 1 is 1.56 bits per heavy atom. The Bertz CT molecular complexity index is 511. The van der Waals surface area contributed by atoms with Crippen molar-refractivity contribution in [2.75, 3.05) is 7.11 Å². The molecule has 1 N–H and O–H groups in total. The smallest absolute Gasteiger partial charge is 0.339 e. The van der Waals surface area contributed by atoms with Gasteiger partial charge in [0.05, 0.1) is 18.4 Å². The Morgan fingerprint density at radius 3 is 2.72 bits per heavy atom. The van der Waals surface area contributed by atoms with Gasteiger partial charge in [-0.05, 0) is 57.9 Å². The van der Waals surface area contributed by atoms with Crippen molar-refractivity contribution in [1.29, 1.82) is 0 Å². The van der Waals surface area contributed by atoms with E-state index in [1.807, 2.05) is 6.07 Å². The van der Waals surface area contributed by atoms with E-state index in [4.69, 9.17) is 4.55 Å². The van der Waals surface area contributed by atoms with E-state index in [0.717, 1.165) is 24.0 Å². The van der Waals surface area contributed by atoms with Crippen molar-refractivity contribution < 1.29 is 18.3 Å². The zero-order valence-corrected chi connectivity index (χ0v) is 12.2. The van der Waals surface area contributed by atoms with Crippen molar-refractivity contribution in [1.82, 2.24) is 0 Å². The average molecular weight is 333 g/mol. The first-order valence-corrected chi connectivity index (χ1v) is 7.58. The normalized spacial score (nSPS) is 16.4. The zero-order valence-electron chi connectivity index (χ0n) is 9.81. The van der Waals surface area contributed by atoms with E-state index in [2.05, 4.69) is 20.7 Å². The molecule has 4 nitrogen and oxygen atoms in total. The molecule has 1 aliphatic rings. The van der Waals surface area contributed by atoms with Crippen molar-refractivity contribution in [3.05, 3.63) is 33.3 Å². The number of benzene rings is 1. The van der Waals surface area contributed by atoms with Crippen molar-refractivity contribution in [3.63, 3.8) is 0 Å². The third-order valence-corrected chi connectivity index (χ3v) is 4.14. The number of ether oxygens (including phenoxy) is 1. The maximum atomic E-state index is 11.6. The first kappa shape index (κ1) is 13.7. The minimum absolute atomic E-state index is 0.0447. The fourth-order valence-corrected chi connectivity index (χ4v) is 2.97. The van der Waals surface area contributed by atoms with Crippen molar-refractivity contribution in [2.24, 2.45) is 0 Å². The first-order chi connectivity index (χ1) is 8.52. The molecule has 0 spiro atoms. The molecule has 98 valence electrons. The molecule has 2 rings (SSSR count). The summed E-state index contributed by atoms with van der Waals surface area (Å²) in [6.07, 6.45) is 2.18. The van der Waals surface area contributed by atoms with E-state index >= 15 is 0 Å². The van der Waals surface area contributed by atoms with Gasteiger partial charge in [0.1, 0.15) is 0 Å². The summed E-state index contributed by atoms with van der Waals surface area (Å²) in [5, 5.41) is 0. The lowest BCUT2D eigenvalue weighted by molar-refractivity contribution is 0.0599. The van der Waals surface area contributed by atoms with Crippen molar-refractivity contribution in [3.8, 4) is 0 Å². The van der Waals surface area contributed by atoms with Crippen LogP contribution in [0.2, 0.25) is 0 Å². The van der Waals surface area contributed by atoms with E-state index in [1.54, 1.807) is 6.07 Å². The van der Waals surface area contributed by atoms with E-state index in [9.17, 15) is 9.00 Å². The molecule has 1 atom stereocenters. The van der Waals surface area contributed by atoms with Gasteiger partial charge >= 0.3 is 5.97 Å². The second kappa shape index (κ2) is 5.50. The Hall–Kier alpha value is -0.720. The molecule has 0 aromatic heterocycles. The lowest BCUT2D eigenvalue weighted by Crippen LogP contribution is -2.06. The Balaban J connectivity index is 2.45. The van der Waals surface area contributed by atoms with Crippen LogP contribution < -0.4 is 0 Å². The van der Waals surface area contributed by atoms with Gasteiger partial charge in [0, 0.05) is 4.47 Å². The Labute approximate surface area is 116 Å². The summed E-state index contributed by atoms with van der Waals surface area (Å²) in [7, 11) is 1.31. The predicted molar refractivity (Wildman–Crippen MR) is 71.9 cm³/mol. The molecule has 0 amide bonds. The third kappa shape index (κ3) is 2.99. The van der Waals surface area contributed by atoms with Gasteiger partial charge in [0.2, 0.25) is 0 Å². The van der Waals surface area contributed by atoms with Gasteiger partial charge in [-0.2, -0.15) is 0 Å². The summed E-state index contributed by atoms with van der Waals surface area (Å²) in [5.41, 5.74) is 2.20. The van der Waals surface area contributed by atoms with Crippen LogP contribution in [0.3, 0.4) is 0 Å². The quantitative estimate of drug-likeness (QED) is 0.680. The average Bonchev–Trinajstić information content (AvgIpc) is 3.13. The van der Waals surface area contributed by atoms with E-state index in [-0.39, 0.29) is 5.75 Å². The second-order valence-corrected chi connectivity index (χ2v) is 6.05. The molecule has 6 heteroatoms. The van der Waals surface area contributed by atoms with Gasteiger partial charge in [-0.1, -0.05) is 0 Å². The lowest BCUT2D eigenvalue weighted by atomic mass is 10.0. The largest absolute Gasteiger partial charge is 0.465 e. The summed E-state index contributed by atoms with van der Waals surface area (Å²) in [6, 6.07) is 3.52. The van der Waals surface area contributed by atoms with Crippen LogP contribution in [0.4, 0.5) is 0 Å². The number of halogens is 1. The summed E-state index contributed by atoms with van der Waals surface area (Å²) in [6.45, 7) is 0. The predicted octanol–water partition coefficient (Wildman–Crippen LogP) is 2.83. The fraction of sp³-hybridized carbons (Fsp3) is 0.417. The molecule has 1 fully saturated rings. The van der Waals surface area contributed by atoms with Gasteiger partial charge in [0.25, 0.3) is 0 Å². The van der Waals surface area contributed by atoms with Gasteiger partial charge in [-0.25, -0.2) is 9.00 Å². The molecule has 1 aromatic rings. The molecule has 18 heavy (non-hydrogen) atoms. The van der Waals surface area contributed by atoms with Crippen LogP contribution in [0.1, 0.15) is 40.2 Å². The topological polar surface area (TPSA) is 63.6 Å². The minimum atomic E-state index is -1.91. The molecule has 0 saturated heterocycles. The van der Waals surface area contributed by atoms with Gasteiger partial charge < -0.3 is 9.29 Å². The highest BCUT2D eigenvalue weighted by Crippen LogP contribution is 2.43. The standard InChI is InChI=1S/C12H13BrO4S/c1-17-12(14)10-4-8(6-18(15)16)9(5-11(10)13)7-2-3-7/h4-5,7H,2-3,6H2,1H3,(H,15,16). The van der Waals surface area contributed by atoms with Crippen LogP contribution in [-0.2, 0) is 21.6 Å². The van der Waals surface area contributed by atoms with Crippen molar-refractivity contribution >= 4 is 33.0 Å². The van der Waals surface area contributed by atoms with E-state index < -0.39 is 17.0 Å². The molecule has 1 unspecified atom stereocenters. The molecule has 1 aromatic carbocycles. The van der Waals surface area contributed by atoms with Gasteiger partial charge in [0.15, 0.2) is 11.1 Å². The van der Waals surface area contributed by atoms with Crippen LogP contribution in [0, 0.1) is 0 Å². The summed E-state index contributed by atoms with van der Waals surface area (Å²) in [4.78, 5) is 11.6. The third-order valence-electron chi connectivity index (χ3n) is 2.93. The van der Waals surface area contributed by atoms with Gasteiger partial charge in [-0.15, -0.1) is 0 Å². The maximum Gasteiger partial charge on any atom is 0.339 e. The highest BCUT2D eigenvalue weighted by Gasteiger charge is 2.28. The fourth-order valence-electron chi connectivity index (χ4n) is 1.93. The number of methoxy groups -OCH3 is 1. The Kier molecular flexibility index (Phi) is 4.19. The molecular formula is C12H13BrO4S. The molecule has 0 bridgehead atoms. The highest BCUT2D eigenvalue weighted by molar-refractivity contribution is 9.10. The Morgan fingerprint density at radius 2 is 2.22 bits per heavy atom. The SMILES string of the molecule is COC(=O)c1cc(CS(=O)O)c(C2CC2)cc1Br. The number of rotatable bonds is 4. The van der Waals surface area contributed by atoms with E-state index in [0.29, 0.717) is 16.0 Å². The molecule has 0 heterocycles. The number of carbonyl (C=O) groups is 1. The zero-order chi connectivity index (χ0) is 13.3. The van der Waals surface area contributed by atoms with Gasteiger partial charge in [-0.3, -0.25) is 0 Å². The number of hydrogen-bond donors (Lipinski definition) is 1. The number of esters is 1. The summed E-state index contributed by atoms with van der Waals surface area (Å²) >= 11 is 1.43. The first-order valence-electron chi connectivity index (χ1n) is 5.51. The number of carbonyl (C=O) groups excluding carboxylic acids is 1. The van der Waals surface area contributed by atoms with E-state index in [1.165, 1.54) is 7.11 Å². The molecule has 0 aliphatic heterocycles. The molecule has 1 saturated carbocycles. The minimum Gasteiger partial charge on any atom is -0.465 e. The van der Waals surface area contributed by atoms with Crippen LogP contribution in [0.25, 0.3) is 0 Å². The van der Waals surface area contributed by atoms with Crippen LogP contribution in [-0.4, -0.2) is 21.8 Å². The molecule has 1 aliphatic carbocycles. The number of hydrogen-bond acceptors (Lipinski definition) is 3. The monoisotopic (exact) mass is 332 g/mol. The van der Waals surface area contributed by atoms with Crippen LogP contribution in [0.15, 0.2) is 16.6 Å². The summed E-state index contributed by atoms with van der Waals surface area (Å²) in [5.74, 6) is 0.0454. The van der Waals surface area contributed by atoms with Crippen molar-refractivity contribution in [2.45, 2.75) is 24.5 Å². The highest BCUT2D eigenvalue weighted by atomic mass is 79.9. The summed E-state index contributed by atoms with van der Waals surface area (Å²) < 4.78 is 25.4.